The lowest BCUT2D eigenvalue weighted by atomic mass is 10.1. The van der Waals surface area contributed by atoms with Gasteiger partial charge in [-0.1, -0.05) is 55.4 Å². The predicted octanol–water partition coefficient (Wildman–Crippen LogP) is 6.11. The number of aryl methyl sites for hydroxylation is 2. The minimum atomic E-state index is -3.97. The van der Waals surface area contributed by atoms with Crippen LogP contribution in [-0.4, -0.2) is 116 Å². The summed E-state index contributed by atoms with van der Waals surface area (Å²) >= 11 is 6.54. The van der Waals surface area contributed by atoms with Crippen LogP contribution in [0.25, 0.3) is 0 Å². The fourth-order valence-corrected chi connectivity index (χ4v) is 13.5. The highest BCUT2D eigenvalue weighted by atomic mass is 32.5. The zero-order chi connectivity index (χ0) is 49.9. The first kappa shape index (κ1) is 53.8. The van der Waals surface area contributed by atoms with Crippen LogP contribution >= 0.6 is 6.72 Å². The Morgan fingerprint density at radius 1 is 0.779 bits per heavy atom. The average molecular weight is 1030 g/mol. The van der Waals surface area contributed by atoms with Crippen molar-refractivity contribution in [3.63, 3.8) is 0 Å². The number of hydrogen-bond acceptors (Lipinski definition) is 16. The van der Waals surface area contributed by atoms with Crippen molar-refractivity contribution in [2.24, 2.45) is 0 Å². The molecule has 5 fully saturated rings. The number of rotatable bonds is 17. The van der Waals surface area contributed by atoms with Gasteiger partial charge < -0.3 is 46.9 Å². The first-order valence-corrected chi connectivity index (χ1v) is 32.5. The van der Waals surface area contributed by atoms with E-state index in [1.54, 1.807) is 13.8 Å². The monoisotopic (exact) mass is 1030 g/mol. The molecular formula is C45H76N5O14PSSi2. The smallest absolute Gasteiger partial charge is 0.330 e. The van der Waals surface area contributed by atoms with E-state index in [-0.39, 0.29) is 42.2 Å². The molecule has 4 saturated heterocycles. The van der Waals surface area contributed by atoms with Crippen LogP contribution in [0.4, 0.5) is 0 Å². The second-order valence-electron chi connectivity index (χ2n) is 22.6. The number of aromatic nitrogens is 4. The van der Waals surface area contributed by atoms with Gasteiger partial charge in [0.25, 0.3) is 11.1 Å². The predicted molar refractivity (Wildman–Crippen MR) is 263 cm³/mol. The zero-order valence-corrected chi connectivity index (χ0v) is 46.0. The Labute approximate surface area is 406 Å². The minimum Gasteiger partial charge on any atom is -0.414 e. The topological polar surface area (TPSA) is 214 Å². The summed E-state index contributed by atoms with van der Waals surface area (Å²) in [6.45, 7) is 25.1. The van der Waals surface area contributed by atoms with E-state index in [1.807, 2.05) is 13.8 Å². The molecule has 4 aliphatic heterocycles. The van der Waals surface area contributed by atoms with Gasteiger partial charge in [0, 0.05) is 61.8 Å². The first-order chi connectivity index (χ1) is 31.5. The molecule has 3 N–H and O–H groups in total. The van der Waals surface area contributed by atoms with Crippen LogP contribution in [0.1, 0.15) is 117 Å². The Morgan fingerprint density at radius 2 is 1.31 bits per heavy atom. The van der Waals surface area contributed by atoms with Crippen molar-refractivity contribution < 1.29 is 46.1 Å². The van der Waals surface area contributed by atoms with Gasteiger partial charge in [0.2, 0.25) is 0 Å². The lowest BCUT2D eigenvalue weighted by Crippen LogP contribution is -2.46. The third-order valence-electron chi connectivity index (χ3n) is 14.9. The fraction of sp³-hybridized carbons (Fsp3) is 0.822. The van der Waals surface area contributed by atoms with Crippen molar-refractivity contribution in [2.75, 3.05) is 19.8 Å². The molecule has 0 aromatic carbocycles. The number of nitrogens with zero attached hydrogens (tertiary/aromatic N) is 2. The van der Waals surface area contributed by atoms with E-state index in [2.05, 4.69) is 83.0 Å². The first-order valence-electron chi connectivity index (χ1n) is 24.1. The molecule has 11 atom stereocenters. The van der Waals surface area contributed by atoms with E-state index in [0.717, 1.165) is 25.7 Å². The molecule has 2 aromatic rings. The van der Waals surface area contributed by atoms with Crippen molar-refractivity contribution in [1.29, 1.82) is 0 Å². The third-order valence-corrected chi connectivity index (χ3v) is 26.2. The lowest BCUT2D eigenvalue weighted by molar-refractivity contribution is -0.228. The third kappa shape index (κ3) is 11.8. The zero-order valence-electron chi connectivity index (χ0n) is 42.3. The number of nitrogens with one attached hydrogen (secondary N) is 3. The maximum atomic E-state index is 13.3. The van der Waals surface area contributed by atoms with E-state index in [1.165, 1.54) is 21.5 Å². The molecule has 0 radical (unpaired) electrons. The Kier molecular flexibility index (Phi) is 15.9. The Balaban J connectivity index is 1.26. The van der Waals surface area contributed by atoms with Crippen molar-refractivity contribution in [2.45, 2.75) is 217 Å². The van der Waals surface area contributed by atoms with Crippen LogP contribution in [0, 0.1) is 13.8 Å². The normalized spacial score (nSPS) is 30.8. The molecule has 1 aliphatic carbocycles. The van der Waals surface area contributed by atoms with Gasteiger partial charge in [0.1, 0.15) is 43.0 Å². The molecule has 0 amide bonds. The second-order valence-corrected chi connectivity index (χ2v) is 35.0. The average Bonchev–Trinajstić information content (AvgIpc) is 4.06. The molecule has 0 unspecified atom stereocenters. The van der Waals surface area contributed by atoms with Crippen LogP contribution < -0.4 is 27.8 Å². The standard InChI is InChI=1S/C45H76N5O14PSSi2/c1-26(2)46-21-31-36(37-40(59-31)61-45(60-37)17-15-16-18-45)63-65(66,55-24-32-30(64-68(13,14)44(8,9)10)20-35(57-32)50-23-28(4)39(52)48-42(50)54)62-29-19-34(49-22-27(3)38(51)47-41(49)53)58-33(29)25-56-67(11,12)43(5,6)7/h22-23,26,29-37,40,46H,15-21,24-25H2,1-14H3,(H,47,51,53)(H,48,52,54)/t29-,30-,31-,32+,33+,34+,35+,36+,37-,40-,65+/m0/s1. The number of aromatic amines is 2. The molecule has 2 aromatic heterocycles. The van der Waals surface area contributed by atoms with E-state index < -0.39 is 113 Å². The van der Waals surface area contributed by atoms with E-state index >= 15 is 0 Å². The Bertz CT molecular complexity index is 2410. The van der Waals surface area contributed by atoms with Gasteiger partial charge in [-0.25, -0.2) is 9.59 Å². The van der Waals surface area contributed by atoms with Crippen molar-refractivity contribution >= 4 is 35.2 Å². The summed E-state index contributed by atoms with van der Waals surface area (Å²) in [5, 5.41) is 3.17. The molecule has 1 spiro atoms. The quantitative estimate of drug-likeness (QED) is 0.120. The number of hydrogen-bond donors (Lipinski definition) is 3. The van der Waals surface area contributed by atoms with Crippen LogP contribution in [0.5, 0.6) is 0 Å². The number of fused-ring (bicyclic) bond motifs is 1. The summed E-state index contributed by atoms with van der Waals surface area (Å²) in [7, 11) is -4.81. The van der Waals surface area contributed by atoms with Crippen molar-refractivity contribution in [3.8, 4) is 0 Å². The molecule has 68 heavy (non-hydrogen) atoms. The summed E-state index contributed by atoms with van der Waals surface area (Å²) in [4.78, 5) is 56.3. The summed E-state index contributed by atoms with van der Waals surface area (Å²) < 4.78 is 70.8. The van der Waals surface area contributed by atoms with Crippen molar-refractivity contribution in [1.82, 2.24) is 24.4 Å². The molecule has 6 heterocycles. The fourth-order valence-electron chi connectivity index (χ4n) is 8.70. The van der Waals surface area contributed by atoms with Gasteiger partial charge in [-0.2, -0.15) is 0 Å². The van der Waals surface area contributed by atoms with Crippen molar-refractivity contribution in [3.05, 3.63) is 65.2 Å². The molecule has 19 nitrogen and oxygen atoms in total. The van der Waals surface area contributed by atoms with Gasteiger partial charge in [-0.15, -0.1) is 0 Å². The maximum Gasteiger partial charge on any atom is 0.330 e. The Morgan fingerprint density at radius 3 is 1.84 bits per heavy atom. The summed E-state index contributed by atoms with van der Waals surface area (Å²) in [6.07, 6.45) is -0.596. The highest BCUT2D eigenvalue weighted by molar-refractivity contribution is 8.07. The lowest BCUT2D eigenvalue weighted by Gasteiger charge is -2.39. The number of H-pyrrole nitrogens is 2. The Hall–Kier alpha value is -2.00. The van der Waals surface area contributed by atoms with Crippen LogP contribution in [0.2, 0.25) is 36.3 Å². The highest BCUT2D eigenvalue weighted by Crippen LogP contribution is 2.58. The molecule has 1 saturated carbocycles. The SMILES string of the molecule is Cc1cn([C@H]2C[C@H](O[Si](C)(C)C(C)(C)C)[C@@H](CO[P@](=S)(O[C@H]3[C@@H]4OC5(CCCC5)O[C@@H]4O[C@H]3CNC(C)C)O[C@H]3C[C@H](n4cc(C)c(=O)[nH]c4=O)O[C@@H]3CO[Si](C)(C)C(C)(C)C)O2)c(=O)[nH]c1=O. The van der Waals surface area contributed by atoms with Gasteiger partial charge in [-0.3, -0.25) is 33.2 Å². The van der Waals surface area contributed by atoms with Gasteiger partial charge in [0.05, 0.1) is 25.4 Å². The number of ether oxygens (including phenoxy) is 5. The van der Waals surface area contributed by atoms with E-state index in [4.69, 9.17) is 57.9 Å². The summed E-state index contributed by atoms with van der Waals surface area (Å²) in [6, 6.07) is 0.122. The van der Waals surface area contributed by atoms with E-state index in [0.29, 0.717) is 17.7 Å². The summed E-state index contributed by atoms with van der Waals surface area (Å²) in [5.74, 6) is -0.794. The molecule has 5 aliphatic rings. The second kappa shape index (κ2) is 20.1. The van der Waals surface area contributed by atoms with Gasteiger partial charge in [0.15, 0.2) is 28.7 Å². The van der Waals surface area contributed by atoms with Crippen LogP contribution in [0.15, 0.2) is 31.6 Å². The molecule has 23 heteroatoms. The van der Waals surface area contributed by atoms with Crippen LogP contribution in [-0.2, 0) is 57.9 Å². The molecule has 384 valence electrons. The van der Waals surface area contributed by atoms with Crippen LogP contribution in [0.3, 0.4) is 0 Å². The maximum absolute atomic E-state index is 13.3. The minimum absolute atomic E-state index is 0.116. The van der Waals surface area contributed by atoms with E-state index in [9.17, 15) is 19.2 Å². The highest BCUT2D eigenvalue weighted by Gasteiger charge is 2.60. The largest absolute Gasteiger partial charge is 0.414 e. The van der Waals surface area contributed by atoms with Gasteiger partial charge in [-0.05, 0) is 74.8 Å². The molecule has 7 rings (SSSR count). The van der Waals surface area contributed by atoms with Gasteiger partial charge >= 0.3 is 18.1 Å². The molecular weight excluding hydrogens is 954 g/mol. The summed E-state index contributed by atoms with van der Waals surface area (Å²) in [5.41, 5.74) is -1.52. The molecule has 0 bridgehead atoms.